The number of aryl methyl sites for hydroxylation is 1. The van der Waals surface area contributed by atoms with Gasteiger partial charge in [-0.25, -0.2) is 0 Å². The lowest BCUT2D eigenvalue weighted by atomic mass is 9.52. The largest absolute Gasteiger partial charge is 0.349 e. The van der Waals surface area contributed by atoms with Crippen LogP contribution >= 0.6 is 0 Å². The van der Waals surface area contributed by atoms with Gasteiger partial charge in [0.1, 0.15) is 0 Å². The molecule has 158 valence electrons. The third-order valence-electron chi connectivity index (χ3n) is 10.3. The Labute approximate surface area is 176 Å². The van der Waals surface area contributed by atoms with Crippen molar-refractivity contribution < 1.29 is 9.47 Å². The van der Waals surface area contributed by atoms with Crippen molar-refractivity contribution in [3.8, 4) is 0 Å². The molecule has 0 bridgehead atoms. The molecule has 1 aromatic carbocycles. The molecular weight excluding hydrogens is 356 g/mol. The van der Waals surface area contributed by atoms with E-state index in [2.05, 4.69) is 45.9 Å². The summed E-state index contributed by atoms with van der Waals surface area (Å²) in [5, 5.41) is 0. The van der Waals surface area contributed by atoms with Gasteiger partial charge in [-0.3, -0.25) is 0 Å². The maximum atomic E-state index is 6.88. The lowest BCUT2D eigenvalue weighted by Crippen LogP contribution is -2.48. The van der Waals surface area contributed by atoms with Gasteiger partial charge in [-0.2, -0.15) is 0 Å². The summed E-state index contributed by atoms with van der Waals surface area (Å²) in [5.74, 6) is 4.08. The van der Waals surface area contributed by atoms with Crippen LogP contribution in [0.3, 0.4) is 0 Å². The molecule has 2 saturated carbocycles. The van der Waals surface area contributed by atoms with Crippen molar-refractivity contribution in [3.63, 3.8) is 0 Å². The van der Waals surface area contributed by atoms with Gasteiger partial charge in [-0.1, -0.05) is 39.0 Å². The predicted molar refractivity (Wildman–Crippen MR) is 116 cm³/mol. The first-order valence-electron chi connectivity index (χ1n) is 12.3. The molecule has 2 saturated heterocycles. The molecule has 1 aromatic rings. The molecule has 5 aliphatic rings. The van der Waals surface area contributed by atoms with E-state index in [9.17, 15) is 0 Å². The fourth-order valence-corrected chi connectivity index (χ4v) is 8.82. The van der Waals surface area contributed by atoms with Gasteiger partial charge in [-0.15, -0.1) is 0 Å². The summed E-state index contributed by atoms with van der Waals surface area (Å²) >= 11 is 0. The van der Waals surface area contributed by atoms with Gasteiger partial charge in [0.2, 0.25) is 0 Å². The molecule has 2 aliphatic heterocycles. The average molecular weight is 395 g/mol. The summed E-state index contributed by atoms with van der Waals surface area (Å²) in [6, 6.07) is 7.05. The van der Waals surface area contributed by atoms with Crippen molar-refractivity contribution in [1.29, 1.82) is 0 Å². The normalized spacial score (nSPS) is 50.7. The Bertz CT molecular complexity index is 807. The van der Waals surface area contributed by atoms with Crippen LogP contribution in [-0.4, -0.2) is 18.5 Å². The number of fused-ring (bicyclic) bond motifs is 7. The third kappa shape index (κ3) is 2.48. The fourth-order valence-electron chi connectivity index (χ4n) is 8.82. The van der Waals surface area contributed by atoms with Gasteiger partial charge in [0.05, 0.1) is 12.7 Å². The minimum absolute atomic E-state index is 0.275. The summed E-state index contributed by atoms with van der Waals surface area (Å²) in [6.45, 7) is 10.6. The van der Waals surface area contributed by atoms with Crippen LogP contribution in [0.15, 0.2) is 18.2 Å². The van der Waals surface area contributed by atoms with Crippen LogP contribution in [0.2, 0.25) is 0 Å². The highest BCUT2D eigenvalue weighted by molar-refractivity contribution is 5.40. The van der Waals surface area contributed by atoms with E-state index in [4.69, 9.17) is 9.47 Å². The number of ether oxygens (including phenoxy) is 2. The van der Waals surface area contributed by atoms with Crippen molar-refractivity contribution in [3.05, 3.63) is 34.9 Å². The van der Waals surface area contributed by atoms with E-state index in [1.807, 2.05) is 0 Å². The Balaban J connectivity index is 1.30. The Morgan fingerprint density at radius 1 is 1.07 bits per heavy atom. The SMILES string of the molecule is Cc1cccc2c1CC[C@@H]1[C@H]3C[C@@H]4O[C@@]5(CC[C@H](C)CO5)[C@H](C)[C@H]4[C@@]3(C)CC[C@@H]21. The van der Waals surface area contributed by atoms with Crippen molar-refractivity contribution in [2.75, 3.05) is 6.61 Å². The fraction of sp³-hybridized carbons (Fsp3) is 0.778. The zero-order chi connectivity index (χ0) is 20.0. The summed E-state index contributed by atoms with van der Waals surface area (Å²) in [6.07, 6.45) is 9.46. The van der Waals surface area contributed by atoms with Gasteiger partial charge >= 0.3 is 0 Å². The van der Waals surface area contributed by atoms with E-state index in [0.29, 0.717) is 29.3 Å². The highest BCUT2D eigenvalue weighted by Gasteiger charge is 2.67. The molecule has 0 aromatic heterocycles. The van der Waals surface area contributed by atoms with Gasteiger partial charge in [0, 0.05) is 12.3 Å². The van der Waals surface area contributed by atoms with Crippen molar-refractivity contribution >= 4 is 0 Å². The molecular formula is C27H38O2. The van der Waals surface area contributed by atoms with Crippen LogP contribution in [0, 0.1) is 41.9 Å². The maximum Gasteiger partial charge on any atom is 0.171 e. The highest BCUT2D eigenvalue weighted by Crippen LogP contribution is 2.69. The summed E-state index contributed by atoms with van der Waals surface area (Å²) in [7, 11) is 0. The lowest BCUT2D eigenvalue weighted by molar-refractivity contribution is -0.272. The lowest BCUT2D eigenvalue weighted by Gasteiger charge is -2.52. The van der Waals surface area contributed by atoms with Crippen molar-refractivity contribution in [2.24, 2.45) is 35.0 Å². The molecule has 2 heterocycles. The van der Waals surface area contributed by atoms with Crippen LogP contribution in [0.4, 0.5) is 0 Å². The van der Waals surface area contributed by atoms with Crippen LogP contribution in [0.5, 0.6) is 0 Å². The van der Waals surface area contributed by atoms with Gasteiger partial charge in [-0.05, 0) is 97.1 Å². The van der Waals surface area contributed by atoms with Crippen LogP contribution in [0.25, 0.3) is 0 Å². The molecule has 2 heteroatoms. The minimum atomic E-state index is -0.275. The van der Waals surface area contributed by atoms with Crippen molar-refractivity contribution in [2.45, 2.75) is 90.4 Å². The van der Waals surface area contributed by atoms with Gasteiger partial charge in [0.15, 0.2) is 5.79 Å². The van der Waals surface area contributed by atoms with Crippen LogP contribution in [0.1, 0.15) is 81.9 Å². The smallest absolute Gasteiger partial charge is 0.171 e. The second-order valence-electron chi connectivity index (χ2n) is 11.6. The van der Waals surface area contributed by atoms with E-state index >= 15 is 0 Å². The number of hydrogen-bond donors (Lipinski definition) is 0. The first-order valence-corrected chi connectivity index (χ1v) is 12.3. The maximum absolute atomic E-state index is 6.88. The molecule has 0 amide bonds. The number of rotatable bonds is 0. The van der Waals surface area contributed by atoms with Crippen LogP contribution in [-0.2, 0) is 15.9 Å². The van der Waals surface area contributed by atoms with E-state index in [1.54, 1.807) is 11.1 Å². The summed E-state index contributed by atoms with van der Waals surface area (Å²) in [5.41, 5.74) is 5.31. The number of hydrogen-bond acceptors (Lipinski definition) is 2. The standard InChI is InChI=1S/C27H38O2/c1-16-10-13-27(28-15-16)18(3)25-24(29-27)14-23-22-9-8-19-17(2)6-5-7-20(19)21(22)11-12-26(23,25)4/h5-7,16,18,21-25H,8-15H2,1-4H3/t16-,18+,21-,22-,23+,24-,25+,26-,27-/m0/s1. The topological polar surface area (TPSA) is 18.5 Å². The summed E-state index contributed by atoms with van der Waals surface area (Å²) < 4.78 is 13.3. The quantitative estimate of drug-likeness (QED) is 0.517. The molecule has 1 spiro atoms. The molecule has 3 aliphatic carbocycles. The molecule has 29 heavy (non-hydrogen) atoms. The minimum Gasteiger partial charge on any atom is -0.349 e. The molecule has 0 unspecified atom stereocenters. The second kappa shape index (κ2) is 6.33. The Hall–Kier alpha value is -0.860. The van der Waals surface area contributed by atoms with Crippen molar-refractivity contribution in [1.82, 2.24) is 0 Å². The molecule has 0 radical (unpaired) electrons. The zero-order valence-corrected chi connectivity index (χ0v) is 18.7. The molecule has 9 atom stereocenters. The predicted octanol–water partition coefficient (Wildman–Crippen LogP) is 6.25. The molecule has 6 rings (SSSR count). The first kappa shape index (κ1) is 18.9. The van der Waals surface area contributed by atoms with E-state index in [-0.39, 0.29) is 5.79 Å². The van der Waals surface area contributed by atoms with Crippen LogP contribution < -0.4 is 0 Å². The van der Waals surface area contributed by atoms with E-state index in [1.165, 1.54) is 44.1 Å². The van der Waals surface area contributed by atoms with Gasteiger partial charge < -0.3 is 9.47 Å². The zero-order valence-electron chi connectivity index (χ0n) is 18.7. The molecule has 2 nitrogen and oxygen atoms in total. The van der Waals surface area contributed by atoms with Gasteiger partial charge in [0.25, 0.3) is 0 Å². The number of benzene rings is 1. The highest BCUT2D eigenvalue weighted by atomic mass is 16.7. The first-order chi connectivity index (χ1) is 13.9. The Morgan fingerprint density at radius 3 is 2.72 bits per heavy atom. The average Bonchev–Trinajstić information content (AvgIpc) is 3.15. The van der Waals surface area contributed by atoms with E-state index < -0.39 is 0 Å². The summed E-state index contributed by atoms with van der Waals surface area (Å²) in [4.78, 5) is 0. The Morgan fingerprint density at radius 2 is 1.93 bits per heavy atom. The third-order valence-corrected chi connectivity index (χ3v) is 10.3. The molecule has 0 N–H and O–H groups in total. The monoisotopic (exact) mass is 394 g/mol. The van der Waals surface area contributed by atoms with E-state index in [0.717, 1.165) is 30.8 Å². The Kier molecular flexibility index (Phi) is 4.12. The second-order valence-corrected chi connectivity index (χ2v) is 11.6. The molecule has 4 fully saturated rings.